The number of carbonyl (C=O) groups excluding carboxylic acids is 1. The second kappa shape index (κ2) is 6.49. The number of hydrogen-bond donors (Lipinski definition) is 4. The third-order valence-corrected chi connectivity index (χ3v) is 2.06. The van der Waals surface area contributed by atoms with Crippen LogP contribution in [-0.2, 0) is 11.3 Å². The summed E-state index contributed by atoms with van der Waals surface area (Å²) in [5.74, 6) is -0.609. The van der Waals surface area contributed by atoms with E-state index in [1.807, 2.05) is 35.6 Å². The molecule has 6 nitrogen and oxygen atoms in total. The van der Waals surface area contributed by atoms with Gasteiger partial charge in [-0.15, -0.1) is 0 Å². The Labute approximate surface area is 98.3 Å². The zero-order valence-corrected chi connectivity index (χ0v) is 9.09. The number of rotatable bonds is 5. The first-order valence-corrected chi connectivity index (χ1v) is 5.06. The first-order valence-electron chi connectivity index (χ1n) is 5.06. The van der Waals surface area contributed by atoms with Crippen molar-refractivity contribution < 1.29 is 19.8 Å². The average molecular weight is 238 g/mol. The highest BCUT2D eigenvalue weighted by Crippen LogP contribution is 1.97. The molecule has 0 saturated heterocycles. The minimum absolute atomic E-state index is 0.295. The normalized spacial score (nSPS) is 11.6. The van der Waals surface area contributed by atoms with Crippen LogP contribution in [0.3, 0.4) is 0 Å². The van der Waals surface area contributed by atoms with Crippen molar-refractivity contribution in [2.75, 3.05) is 6.54 Å². The minimum atomic E-state index is -1.38. The maximum Gasteiger partial charge on any atom is 0.404 e. The molecule has 6 heteroatoms. The number of amides is 2. The monoisotopic (exact) mass is 238 g/mol. The Hall–Kier alpha value is -2.08. The van der Waals surface area contributed by atoms with E-state index in [9.17, 15) is 14.7 Å². The van der Waals surface area contributed by atoms with Gasteiger partial charge in [0.2, 0.25) is 0 Å². The van der Waals surface area contributed by atoms with Gasteiger partial charge < -0.3 is 20.8 Å². The highest BCUT2D eigenvalue weighted by Gasteiger charge is 2.14. The van der Waals surface area contributed by atoms with E-state index in [-0.39, 0.29) is 6.54 Å². The van der Waals surface area contributed by atoms with Crippen LogP contribution >= 0.6 is 0 Å². The molecule has 1 atom stereocenters. The highest BCUT2D eigenvalue weighted by atomic mass is 16.4. The molecule has 17 heavy (non-hydrogen) atoms. The van der Waals surface area contributed by atoms with Gasteiger partial charge in [-0.05, 0) is 5.56 Å². The minimum Gasteiger partial charge on any atom is -0.465 e. The van der Waals surface area contributed by atoms with Crippen molar-refractivity contribution in [1.29, 1.82) is 0 Å². The fourth-order valence-corrected chi connectivity index (χ4v) is 1.18. The Morgan fingerprint density at radius 3 is 2.41 bits per heavy atom. The van der Waals surface area contributed by atoms with Crippen LogP contribution in [0.25, 0.3) is 0 Å². The molecular weight excluding hydrogens is 224 g/mol. The van der Waals surface area contributed by atoms with Gasteiger partial charge >= 0.3 is 6.09 Å². The Kier molecular flexibility index (Phi) is 4.96. The van der Waals surface area contributed by atoms with Crippen LogP contribution in [0, 0.1) is 0 Å². The van der Waals surface area contributed by atoms with E-state index >= 15 is 0 Å². The van der Waals surface area contributed by atoms with Crippen LogP contribution in [0.4, 0.5) is 4.79 Å². The molecular formula is C11H14N2O4. The summed E-state index contributed by atoms with van der Waals surface area (Å²) in [4.78, 5) is 21.5. The first-order chi connectivity index (χ1) is 8.09. The van der Waals surface area contributed by atoms with Gasteiger partial charge in [0.1, 0.15) is 6.10 Å². The van der Waals surface area contributed by atoms with E-state index in [4.69, 9.17) is 5.11 Å². The van der Waals surface area contributed by atoms with E-state index in [2.05, 4.69) is 5.32 Å². The Bertz CT molecular complexity index is 380. The third kappa shape index (κ3) is 4.98. The van der Waals surface area contributed by atoms with Crippen LogP contribution in [0.1, 0.15) is 5.56 Å². The summed E-state index contributed by atoms with van der Waals surface area (Å²) in [5.41, 5.74) is 0.902. The van der Waals surface area contributed by atoms with Crippen molar-refractivity contribution in [3.8, 4) is 0 Å². The summed E-state index contributed by atoms with van der Waals surface area (Å²) in [7, 11) is 0. The lowest BCUT2D eigenvalue weighted by molar-refractivity contribution is -0.129. The number of carbonyl (C=O) groups is 2. The molecule has 1 aromatic carbocycles. The van der Waals surface area contributed by atoms with E-state index < -0.39 is 18.1 Å². The van der Waals surface area contributed by atoms with E-state index in [1.54, 1.807) is 0 Å². The maximum absolute atomic E-state index is 11.3. The summed E-state index contributed by atoms with van der Waals surface area (Å²) >= 11 is 0. The summed E-state index contributed by atoms with van der Waals surface area (Å²) < 4.78 is 0. The van der Waals surface area contributed by atoms with Crippen molar-refractivity contribution in [3.05, 3.63) is 35.9 Å². The molecule has 92 valence electrons. The molecule has 0 saturated carbocycles. The molecule has 1 unspecified atom stereocenters. The molecule has 0 radical (unpaired) electrons. The van der Waals surface area contributed by atoms with Crippen molar-refractivity contribution in [1.82, 2.24) is 10.6 Å². The molecule has 0 heterocycles. The summed E-state index contributed by atoms with van der Waals surface area (Å²) in [5, 5.41) is 22.0. The highest BCUT2D eigenvalue weighted by molar-refractivity contribution is 5.81. The molecule has 4 N–H and O–H groups in total. The van der Waals surface area contributed by atoms with E-state index in [0.717, 1.165) is 5.56 Å². The summed E-state index contributed by atoms with van der Waals surface area (Å²) in [6.45, 7) is -0.0280. The van der Waals surface area contributed by atoms with Gasteiger partial charge in [-0.2, -0.15) is 0 Å². The Balaban J connectivity index is 2.32. The predicted molar refractivity (Wildman–Crippen MR) is 60.3 cm³/mol. The number of carboxylic acid groups (broad SMARTS) is 1. The molecule has 0 aliphatic rings. The van der Waals surface area contributed by atoms with E-state index in [1.165, 1.54) is 0 Å². The molecule has 2 amide bonds. The van der Waals surface area contributed by atoms with Crippen molar-refractivity contribution in [2.24, 2.45) is 0 Å². The van der Waals surface area contributed by atoms with Crippen molar-refractivity contribution in [2.45, 2.75) is 12.6 Å². The molecule has 0 aliphatic carbocycles. The van der Waals surface area contributed by atoms with Gasteiger partial charge in [-0.25, -0.2) is 4.79 Å². The standard InChI is InChI=1S/C11H14N2O4/c14-9(7-13-11(16)17)10(15)12-6-8-4-2-1-3-5-8/h1-5,9,13-14H,6-7H2,(H,12,15)(H,16,17). The van der Waals surface area contributed by atoms with E-state index in [0.29, 0.717) is 6.54 Å². The summed E-state index contributed by atoms with van der Waals surface area (Å²) in [6, 6.07) is 9.20. The Morgan fingerprint density at radius 2 is 1.82 bits per heavy atom. The fraction of sp³-hybridized carbons (Fsp3) is 0.273. The number of aliphatic hydroxyl groups excluding tert-OH is 1. The molecule has 1 aromatic rings. The van der Waals surface area contributed by atoms with Gasteiger partial charge in [0, 0.05) is 6.54 Å². The molecule has 0 bridgehead atoms. The zero-order valence-electron chi connectivity index (χ0n) is 9.09. The zero-order chi connectivity index (χ0) is 12.7. The second-order valence-corrected chi connectivity index (χ2v) is 3.41. The molecule has 0 aliphatic heterocycles. The first kappa shape index (κ1) is 13.0. The van der Waals surface area contributed by atoms with Gasteiger partial charge in [0.15, 0.2) is 0 Å². The fourth-order valence-electron chi connectivity index (χ4n) is 1.18. The molecule has 0 aromatic heterocycles. The SMILES string of the molecule is O=C(O)NCC(O)C(=O)NCc1ccccc1. The molecule has 0 fully saturated rings. The third-order valence-electron chi connectivity index (χ3n) is 2.06. The van der Waals surface area contributed by atoms with Crippen LogP contribution in [0.5, 0.6) is 0 Å². The van der Waals surface area contributed by atoms with Gasteiger partial charge in [-0.1, -0.05) is 30.3 Å². The van der Waals surface area contributed by atoms with Gasteiger partial charge in [0.25, 0.3) is 5.91 Å². The van der Waals surface area contributed by atoms with Crippen LogP contribution in [0.2, 0.25) is 0 Å². The number of hydrogen-bond acceptors (Lipinski definition) is 3. The number of nitrogens with one attached hydrogen (secondary N) is 2. The second-order valence-electron chi connectivity index (χ2n) is 3.41. The molecule has 1 rings (SSSR count). The van der Waals surface area contributed by atoms with Crippen LogP contribution in [-0.4, -0.2) is 34.9 Å². The van der Waals surface area contributed by atoms with Gasteiger partial charge in [-0.3, -0.25) is 4.79 Å². The molecule has 0 spiro atoms. The topological polar surface area (TPSA) is 98.7 Å². The predicted octanol–water partition coefficient (Wildman–Crippen LogP) is -0.0687. The van der Waals surface area contributed by atoms with Crippen LogP contribution in [0.15, 0.2) is 30.3 Å². The Morgan fingerprint density at radius 1 is 1.18 bits per heavy atom. The summed E-state index contributed by atoms with van der Waals surface area (Å²) in [6.07, 6.45) is -2.66. The maximum atomic E-state index is 11.3. The lowest BCUT2D eigenvalue weighted by atomic mass is 10.2. The van der Waals surface area contributed by atoms with Gasteiger partial charge in [0.05, 0.1) is 6.54 Å². The quantitative estimate of drug-likeness (QED) is 0.577. The smallest absolute Gasteiger partial charge is 0.404 e. The number of benzene rings is 1. The number of aliphatic hydroxyl groups is 1. The van der Waals surface area contributed by atoms with Crippen molar-refractivity contribution in [3.63, 3.8) is 0 Å². The largest absolute Gasteiger partial charge is 0.465 e. The van der Waals surface area contributed by atoms with Crippen LogP contribution < -0.4 is 10.6 Å². The average Bonchev–Trinajstić information content (AvgIpc) is 2.34. The lowest BCUT2D eigenvalue weighted by Crippen LogP contribution is -2.42. The van der Waals surface area contributed by atoms with Crippen molar-refractivity contribution >= 4 is 12.0 Å². The lowest BCUT2D eigenvalue weighted by Gasteiger charge is -2.11.